The summed E-state index contributed by atoms with van der Waals surface area (Å²) in [6.45, 7) is 6.91. The molecule has 2 fully saturated rings. The van der Waals surface area contributed by atoms with Gasteiger partial charge in [-0.3, -0.25) is 9.59 Å². The Labute approximate surface area is 199 Å². The van der Waals surface area contributed by atoms with Gasteiger partial charge < -0.3 is 67.6 Å². The molecule has 0 saturated carbocycles. The van der Waals surface area contributed by atoms with Crippen LogP contribution in [0.1, 0.15) is 44.9 Å². The van der Waals surface area contributed by atoms with Crippen molar-refractivity contribution in [2.75, 3.05) is 66.5 Å². The van der Waals surface area contributed by atoms with Crippen molar-refractivity contribution in [3.8, 4) is 0 Å². The standard InChI is InChI=1S/C19H36N4O2.2HI/c1-22(12-5-3-6-13-22)16-18(24)20-10-9-11-21-19(25)17-23(2)14-7-4-8-15-23;;/h3-17H2,1-2H3;2*1H. The van der Waals surface area contributed by atoms with E-state index in [9.17, 15) is 9.59 Å². The molecular weight excluding hydrogens is 570 g/mol. The number of halogens is 2. The number of nitrogens with zero attached hydrogens (tertiary/aromatic N) is 2. The molecule has 0 aromatic rings. The van der Waals surface area contributed by atoms with E-state index in [0.29, 0.717) is 26.2 Å². The predicted molar refractivity (Wildman–Crippen MR) is 99.9 cm³/mol. The molecule has 0 aliphatic carbocycles. The minimum absolute atomic E-state index is 0. The Hall–Kier alpha value is 0.320. The number of carbonyl (C=O) groups excluding carboxylic acids is 2. The summed E-state index contributed by atoms with van der Waals surface area (Å²) >= 11 is 0. The summed E-state index contributed by atoms with van der Waals surface area (Å²) in [6, 6.07) is 0. The Balaban J connectivity index is 0.00000338. The van der Waals surface area contributed by atoms with Crippen LogP contribution in [-0.4, -0.2) is 87.2 Å². The quantitative estimate of drug-likeness (QED) is 0.165. The normalized spacial score (nSPS) is 20.5. The largest absolute Gasteiger partial charge is 1.00 e. The number of hydrogen-bond acceptors (Lipinski definition) is 2. The van der Waals surface area contributed by atoms with Gasteiger partial charge in [0.05, 0.1) is 40.3 Å². The van der Waals surface area contributed by atoms with Gasteiger partial charge in [-0.1, -0.05) is 0 Å². The fourth-order valence-electron chi connectivity index (χ4n) is 4.22. The van der Waals surface area contributed by atoms with Crippen molar-refractivity contribution in [2.24, 2.45) is 0 Å². The first-order valence-electron chi connectivity index (χ1n) is 10.1. The number of quaternary nitrogens is 2. The highest BCUT2D eigenvalue weighted by atomic mass is 127. The maximum absolute atomic E-state index is 12.1. The zero-order chi connectivity index (χ0) is 18.2. The van der Waals surface area contributed by atoms with Crippen LogP contribution >= 0.6 is 0 Å². The first kappa shape index (κ1) is 27.3. The van der Waals surface area contributed by atoms with Crippen LogP contribution in [0.3, 0.4) is 0 Å². The molecule has 2 rings (SSSR count). The highest BCUT2D eigenvalue weighted by Crippen LogP contribution is 2.16. The number of rotatable bonds is 8. The van der Waals surface area contributed by atoms with Crippen LogP contribution in [0.2, 0.25) is 0 Å². The van der Waals surface area contributed by atoms with E-state index in [2.05, 4.69) is 24.7 Å². The number of likely N-dealkylation sites (tertiary alicyclic amines) is 2. The van der Waals surface area contributed by atoms with Crippen LogP contribution in [0.25, 0.3) is 0 Å². The average Bonchev–Trinajstić information content (AvgIpc) is 2.55. The highest BCUT2D eigenvalue weighted by Gasteiger charge is 2.28. The van der Waals surface area contributed by atoms with Crippen molar-refractivity contribution in [1.29, 1.82) is 0 Å². The summed E-state index contributed by atoms with van der Waals surface area (Å²) in [5.41, 5.74) is 0. The molecule has 2 aliphatic heterocycles. The SMILES string of the molecule is C[N+]1(CC(=O)NCCCNC(=O)C[N+]2(C)CCCCC2)CCCCC1.[I-].[I-]. The van der Waals surface area contributed by atoms with E-state index in [4.69, 9.17) is 0 Å². The number of carbonyl (C=O) groups is 2. The Bertz CT molecular complexity index is 411. The summed E-state index contributed by atoms with van der Waals surface area (Å²) in [4.78, 5) is 24.2. The number of piperidine rings is 2. The van der Waals surface area contributed by atoms with Crippen molar-refractivity contribution in [2.45, 2.75) is 44.9 Å². The van der Waals surface area contributed by atoms with Gasteiger partial charge in [0.15, 0.2) is 13.1 Å². The molecule has 160 valence electrons. The fraction of sp³-hybridized carbons (Fsp3) is 0.895. The molecule has 27 heavy (non-hydrogen) atoms. The fourth-order valence-corrected chi connectivity index (χ4v) is 4.22. The second kappa shape index (κ2) is 13.5. The first-order valence-corrected chi connectivity index (χ1v) is 10.1. The number of nitrogens with one attached hydrogen (secondary N) is 2. The molecule has 2 aliphatic rings. The Morgan fingerprint density at radius 1 is 0.667 bits per heavy atom. The molecule has 2 saturated heterocycles. The van der Waals surface area contributed by atoms with Crippen LogP contribution in [0.4, 0.5) is 0 Å². The van der Waals surface area contributed by atoms with Gasteiger partial charge in [-0.15, -0.1) is 0 Å². The molecule has 8 heteroatoms. The van der Waals surface area contributed by atoms with Gasteiger partial charge in [0.1, 0.15) is 0 Å². The van der Waals surface area contributed by atoms with Crippen LogP contribution in [0.5, 0.6) is 0 Å². The molecular formula is C19H38I2N4O2. The Morgan fingerprint density at radius 3 is 1.33 bits per heavy atom. The van der Waals surface area contributed by atoms with Crippen LogP contribution in [-0.2, 0) is 9.59 Å². The third kappa shape index (κ3) is 10.6. The number of likely N-dealkylation sites (N-methyl/N-ethyl adjacent to an activating group) is 2. The monoisotopic (exact) mass is 608 g/mol. The van der Waals surface area contributed by atoms with Crippen molar-refractivity contribution in [3.63, 3.8) is 0 Å². The smallest absolute Gasteiger partial charge is 0.275 e. The third-order valence-electron chi connectivity index (χ3n) is 5.84. The van der Waals surface area contributed by atoms with E-state index in [1.807, 2.05) is 0 Å². The summed E-state index contributed by atoms with van der Waals surface area (Å²) in [7, 11) is 4.37. The van der Waals surface area contributed by atoms with Crippen molar-refractivity contribution in [1.82, 2.24) is 10.6 Å². The van der Waals surface area contributed by atoms with Crippen molar-refractivity contribution in [3.05, 3.63) is 0 Å². The van der Waals surface area contributed by atoms with Crippen LogP contribution in [0.15, 0.2) is 0 Å². The van der Waals surface area contributed by atoms with Gasteiger partial charge in [-0.05, 0) is 44.9 Å². The van der Waals surface area contributed by atoms with Crippen molar-refractivity contribution < 1.29 is 66.5 Å². The minimum Gasteiger partial charge on any atom is -1.00 e. The minimum atomic E-state index is 0. The van der Waals surface area contributed by atoms with Gasteiger partial charge >= 0.3 is 0 Å². The molecule has 0 radical (unpaired) electrons. The van der Waals surface area contributed by atoms with Crippen LogP contribution in [0, 0.1) is 0 Å². The Morgan fingerprint density at radius 2 is 1.00 bits per heavy atom. The molecule has 2 amide bonds. The predicted octanol–water partition coefficient (Wildman–Crippen LogP) is -5.12. The number of hydrogen-bond donors (Lipinski definition) is 2. The lowest BCUT2D eigenvalue weighted by atomic mass is 10.1. The highest BCUT2D eigenvalue weighted by molar-refractivity contribution is 5.77. The zero-order valence-corrected chi connectivity index (χ0v) is 21.4. The molecule has 2 N–H and O–H groups in total. The van der Waals surface area contributed by atoms with E-state index < -0.39 is 0 Å². The topological polar surface area (TPSA) is 58.2 Å². The third-order valence-corrected chi connectivity index (χ3v) is 5.84. The molecule has 2 heterocycles. The molecule has 0 spiro atoms. The molecule has 0 unspecified atom stereocenters. The lowest BCUT2D eigenvalue weighted by Gasteiger charge is -2.37. The number of amides is 2. The lowest BCUT2D eigenvalue weighted by molar-refractivity contribution is -0.906. The molecule has 6 nitrogen and oxygen atoms in total. The van der Waals surface area contributed by atoms with E-state index >= 15 is 0 Å². The van der Waals surface area contributed by atoms with Crippen LogP contribution < -0.4 is 58.6 Å². The zero-order valence-electron chi connectivity index (χ0n) is 17.1. The van der Waals surface area contributed by atoms with Gasteiger partial charge in [0, 0.05) is 13.1 Å². The molecule has 0 bridgehead atoms. The lowest BCUT2D eigenvalue weighted by Crippen LogP contribution is -3.00. The average molecular weight is 608 g/mol. The van der Waals surface area contributed by atoms with Gasteiger partial charge in [0.2, 0.25) is 0 Å². The van der Waals surface area contributed by atoms with E-state index in [0.717, 1.165) is 41.6 Å². The van der Waals surface area contributed by atoms with Crippen molar-refractivity contribution >= 4 is 11.8 Å². The van der Waals surface area contributed by atoms with Gasteiger partial charge in [0.25, 0.3) is 11.8 Å². The van der Waals surface area contributed by atoms with Gasteiger partial charge in [-0.2, -0.15) is 0 Å². The van der Waals surface area contributed by atoms with Gasteiger partial charge in [-0.25, -0.2) is 0 Å². The van der Waals surface area contributed by atoms with E-state index in [-0.39, 0.29) is 59.8 Å². The summed E-state index contributed by atoms with van der Waals surface area (Å²) < 4.78 is 1.75. The molecule has 0 aromatic carbocycles. The maximum atomic E-state index is 12.1. The second-order valence-electron chi connectivity index (χ2n) is 8.62. The van der Waals surface area contributed by atoms with E-state index in [1.165, 1.54) is 38.5 Å². The summed E-state index contributed by atoms with van der Waals surface area (Å²) in [5, 5.41) is 6.02. The summed E-state index contributed by atoms with van der Waals surface area (Å²) in [6.07, 6.45) is 8.31. The Kier molecular flexibility index (Phi) is 13.7. The molecule has 0 aromatic heterocycles. The second-order valence-corrected chi connectivity index (χ2v) is 8.62. The van der Waals surface area contributed by atoms with E-state index in [1.54, 1.807) is 0 Å². The maximum Gasteiger partial charge on any atom is 0.275 e. The molecule has 0 atom stereocenters. The first-order chi connectivity index (χ1) is 11.9. The summed E-state index contributed by atoms with van der Waals surface area (Å²) in [5.74, 6) is 0.282.